The molecule has 0 radical (unpaired) electrons. The lowest BCUT2D eigenvalue weighted by molar-refractivity contribution is -0.154. The van der Waals surface area contributed by atoms with Gasteiger partial charge in [0.15, 0.2) is 5.78 Å². The van der Waals surface area contributed by atoms with Crippen LogP contribution >= 0.6 is 34.8 Å². The van der Waals surface area contributed by atoms with Gasteiger partial charge in [-0.15, -0.1) is 0 Å². The maximum Gasteiger partial charge on any atom is 0.273 e. The molecular formula is C24H19Cl3N2O4. The minimum Gasteiger partial charge on any atom is -0.292 e. The Morgan fingerprint density at radius 1 is 0.970 bits per heavy atom. The Kier molecular flexibility index (Phi) is 6.61. The Labute approximate surface area is 205 Å². The molecule has 0 N–H and O–H groups in total. The van der Waals surface area contributed by atoms with Crippen molar-refractivity contribution in [2.24, 2.45) is 17.8 Å². The lowest BCUT2D eigenvalue weighted by Gasteiger charge is -2.30. The molecule has 0 saturated carbocycles. The normalized spacial score (nSPS) is 21.8. The molecule has 1 aliphatic carbocycles. The molecule has 1 fully saturated rings. The summed E-state index contributed by atoms with van der Waals surface area (Å²) in [6, 6.07) is 10.3. The summed E-state index contributed by atoms with van der Waals surface area (Å²) in [5.41, 5.74) is 0.382. The number of ketones is 1. The van der Waals surface area contributed by atoms with Crippen LogP contribution in [0.4, 0.5) is 0 Å². The van der Waals surface area contributed by atoms with Crippen LogP contribution in [-0.2, 0) is 9.59 Å². The first-order valence-electron chi connectivity index (χ1n) is 10.3. The van der Waals surface area contributed by atoms with E-state index in [1.807, 2.05) is 19.1 Å². The molecule has 2 aromatic carbocycles. The maximum atomic E-state index is 13.5. The number of hydrazine groups is 1. The number of fused-ring (bicyclic) bond motifs is 1. The molecule has 2 aliphatic rings. The van der Waals surface area contributed by atoms with Crippen molar-refractivity contribution in [2.75, 3.05) is 6.54 Å². The SMILES string of the molecule is C[C@@H]1C=CC[C@@H]2C(=O)N(N(CC(=O)c3ccc(Cl)cc3)C(=O)c3ccc(Cl)c(Cl)c3)C(=O)[C@H]12. The number of imide groups is 1. The number of rotatable bonds is 5. The van der Waals surface area contributed by atoms with E-state index in [0.29, 0.717) is 11.4 Å². The number of carbonyl (C=O) groups is 4. The van der Waals surface area contributed by atoms with Crippen molar-refractivity contribution in [3.8, 4) is 0 Å². The van der Waals surface area contributed by atoms with Gasteiger partial charge in [0.2, 0.25) is 0 Å². The molecule has 1 saturated heterocycles. The number of allylic oxidation sites excluding steroid dienone is 2. The number of halogens is 3. The van der Waals surface area contributed by atoms with Crippen molar-refractivity contribution in [3.63, 3.8) is 0 Å². The van der Waals surface area contributed by atoms with Crippen LogP contribution in [0.15, 0.2) is 54.6 Å². The van der Waals surface area contributed by atoms with Crippen molar-refractivity contribution in [2.45, 2.75) is 13.3 Å². The maximum absolute atomic E-state index is 13.5. The lowest BCUT2D eigenvalue weighted by Crippen LogP contribution is -2.52. The first-order valence-corrected chi connectivity index (χ1v) is 11.4. The highest BCUT2D eigenvalue weighted by atomic mass is 35.5. The third-order valence-corrected chi connectivity index (χ3v) is 6.94. The fourth-order valence-electron chi connectivity index (χ4n) is 4.24. The van der Waals surface area contributed by atoms with Gasteiger partial charge in [-0.1, -0.05) is 53.9 Å². The Morgan fingerprint density at radius 3 is 2.27 bits per heavy atom. The zero-order valence-electron chi connectivity index (χ0n) is 17.5. The highest BCUT2D eigenvalue weighted by molar-refractivity contribution is 6.42. The largest absolute Gasteiger partial charge is 0.292 e. The van der Waals surface area contributed by atoms with Gasteiger partial charge in [-0.2, -0.15) is 5.01 Å². The number of amides is 3. The fraction of sp³-hybridized carbons (Fsp3) is 0.250. The molecule has 6 nitrogen and oxygen atoms in total. The molecule has 1 heterocycles. The summed E-state index contributed by atoms with van der Waals surface area (Å²) in [6.07, 6.45) is 4.15. The summed E-state index contributed by atoms with van der Waals surface area (Å²) in [6.45, 7) is 1.34. The molecule has 33 heavy (non-hydrogen) atoms. The molecule has 3 amide bonds. The van der Waals surface area contributed by atoms with Crippen molar-refractivity contribution >= 4 is 58.3 Å². The smallest absolute Gasteiger partial charge is 0.273 e. The Bertz CT molecular complexity index is 1180. The molecule has 9 heteroatoms. The Balaban J connectivity index is 1.72. The van der Waals surface area contributed by atoms with Crippen molar-refractivity contribution in [1.82, 2.24) is 10.0 Å². The molecule has 0 aromatic heterocycles. The standard InChI is InChI=1S/C24H19Cl3N2O4/c1-13-3-2-4-17-21(13)24(33)29(23(17)32)28(12-20(30)14-5-8-16(25)9-6-14)22(31)15-7-10-18(26)19(27)11-15/h2-3,5-11,13,17,21H,4,12H2,1H3/t13-,17+,21-/m1/s1. The third kappa shape index (κ3) is 4.43. The first kappa shape index (κ1) is 23.5. The number of Topliss-reactive ketones (excluding diaryl/α,β-unsaturated/α-hetero) is 1. The van der Waals surface area contributed by atoms with Gasteiger partial charge in [-0.3, -0.25) is 19.2 Å². The van der Waals surface area contributed by atoms with E-state index in [0.717, 1.165) is 10.0 Å². The second-order valence-electron chi connectivity index (χ2n) is 8.07. The molecule has 1 aliphatic heterocycles. The second-order valence-corrected chi connectivity index (χ2v) is 9.32. The molecule has 0 spiro atoms. The van der Waals surface area contributed by atoms with Crippen LogP contribution in [0.25, 0.3) is 0 Å². The van der Waals surface area contributed by atoms with Gasteiger partial charge in [0, 0.05) is 16.1 Å². The molecule has 4 rings (SSSR count). The molecular weight excluding hydrogens is 487 g/mol. The second kappa shape index (κ2) is 9.29. The topological polar surface area (TPSA) is 74.8 Å². The van der Waals surface area contributed by atoms with E-state index >= 15 is 0 Å². The number of nitrogens with zero attached hydrogens (tertiary/aromatic N) is 2. The molecule has 0 unspecified atom stereocenters. The predicted molar refractivity (Wildman–Crippen MR) is 125 cm³/mol. The molecule has 2 aromatic rings. The number of hydrogen-bond donors (Lipinski definition) is 0. The van der Waals surface area contributed by atoms with Crippen LogP contribution in [0.2, 0.25) is 15.1 Å². The number of benzene rings is 2. The summed E-state index contributed by atoms with van der Waals surface area (Å²) >= 11 is 17.9. The van der Waals surface area contributed by atoms with E-state index in [1.54, 1.807) is 12.1 Å². The monoisotopic (exact) mass is 504 g/mol. The number of hydrogen-bond acceptors (Lipinski definition) is 4. The highest BCUT2D eigenvalue weighted by Gasteiger charge is 2.53. The van der Waals surface area contributed by atoms with Crippen LogP contribution < -0.4 is 0 Å². The van der Waals surface area contributed by atoms with Gasteiger partial charge in [0.1, 0.15) is 6.54 Å². The Hall–Kier alpha value is -2.67. The van der Waals surface area contributed by atoms with Crippen molar-refractivity contribution in [1.29, 1.82) is 0 Å². The summed E-state index contributed by atoms with van der Waals surface area (Å²) in [5.74, 6) is -3.50. The summed E-state index contributed by atoms with van der Waals surface area (Å²) < 4.78 is 0. The van der Waals surface area contributed by atoms with E-state index in [2.05, 4.69) is 0 Å². The minimum atomic E-state index is -0.711. The van der Waals surface area contributed by atoms with E-state index < -0.39 is 41.9 Å². The van der Waals surface area contributed by atoms with Crippen LogP contribution in [0.3, 0.4) is 0 Å². The molecule has 0 bridgehead atoms. The van der Waals surface area contributed by atoms with Gasteiger partial charge < -0.3 is 0 Å². The van der Waals surface area contributed by atoms with Crippen LogP contribution in [0.1, 0.15) is 34.1 Å². The average molecular weight is 506 g/mol. The Morgan fingerprint density at radius 2 is 1.64 bits per heavy atom. The summed E-state index contributed by atoms with van der Waals surface area (Å²) in [7, 11) is 0. The quantitative estimate of drug-likeness (QED) is 0.322. The number of carbonyl (C=O) groups excluding carboxylic acids is 4. The molecule has 170 valence electrons. The first-order chi connectivity index (χ1) is 15.7. The van der Waals surface area contributed by atoms with Gasteiger partial charge in [-0.25, -0.2) is 5.01 Å². The van der Waals surface area contributed by atoms with E-state index in [1.165, 1.54) is 30.3 Å². The van der Waals surface area contributed by atoms with Crippen LogP contribution in [0, 0.1) is 17.8 Å². The van der Waals surface area contributed by atoms with Gasteiger partial charge in [0.05, 0.1) is 21.9 Å². The van der Waals surface area contributed by atoms with E-state index in [4.69, 9.17) is 34.8 Å². The zero-order valence-corrected chi connectivity index (χ0v) is 19.8. The van der Waals surface area contributed by atoms with E-state index in [9.17, 15) is 19.2 Å². The zero-order chi connectivity index (χ0) is 23.9. The summed E-state index contributed by atoms with van der Waals surface area (Å²) in [4.78, 5) is 53.1. The predicted octanol–water partition coefficient (Wildman–Crippen LogP) is 5.08. The van der Waals surface area contributed by atoms with Crippen molar-refractivity contribution < 1.29 is 19.2 Å². The van der Waals surface area contributed by atoms with Gasteiger partial charge in [-0.05, 0) is 54.8 Å². The third-order valence-electron chi connectivity index (χ3n) is 5.95. The average Bonchev–Trinajstić information content (AvgIpc) is 3.05. The lowest BCUT2D eigenvalue weighted by atomic mass is 9.78. The van der Waals surface area contributed by atoms with E-state index in [-0.39, 0.29) is 27.1 Å². The highest BCUT2D eigenvalue weighted by Crippen LogP contribution is 2.39. The van der Waals surface area contributed by atoms with Crippen molar-refractivity contribution in [3.05, 3.63) is 80.8 Å². The van der Waals surface area contributed by atoms with Gasteiger partial charge >= 0.3 is 0 Å². The summed E-state index contributed by atoms with van der Waals surface area (Å²) in [5, 5.41) is 2.57. The van der Waals surface area contributed by atoms with Crippen LogP contribution in [-0.4, -0.2) is 40.1 Å². The minimum absolute atomic E-state index is 0.0925. The molecule has 3 atom stereocenters. The van der Waals surface area contributed by atoms with Gasteiger partial charge in [0.25, 0.3) is 17.7 Å². The van der Waals surface area contributed by atoms with Crippen LogP contribution in [0.5, 0.6) is 0 Å². The fourth-order valence-corrected chi connectivity index (χ4v) is 4.67.